The second kappa shape index (κ2) is 8.94. The fraction of sp³-hybridized carbons (Fsp3) is 0.462. The summed E-state index contributed by atoms with van der Waals surface area (Å²) in [6.45, 7) is 4.73. The molecule has 3 saturated heterocycles. The Labute approximate surface area is 190 Å². The Balaban J connectivity index is 1.17. The lowest BCUT2D eigenvalue weighted by Gasteiger charge is -2.44. The van der Waals surface area contributed by atoms with Crippen LogP contribution < -0.4 is 10.2 Å². The lowest BCUT2D eigenvalue weighted by atomic mass is 9.84. The quantitative estimate of drug-likeness (QED) is 0.807. The molecule has 3 aliphatic rings. The van der Waals surface area contributed by atoms with Crippen molar-refractivity contribution in [2.24, 2.45) is 5.92 Å². The highest BCUT2D eigenvalue weighted by Gasteiger charge is 2.51. The second-order valence-electron chi connectivity index (χ2n) is 9.32. The predicted molar refractivity (Wildman–Crippen MR) is 125 cm³/mol. The highest BCUT2D eigenvalue weighted by atomic mass is 16.2. The third-order valence-corrected chi connectivity index (χ3v) is 7.49. The summed E-state index contributed by atoms with van der Waals surface area (Å²) < 4.78 is 0. The van der Waals surface area contributed by atoms with Gasteiger partial charge < -0.3 is 15.1 Å². The van der Waals surface area contributed by atoms with Crippen molar-refractivity contribution in [1.29, 1.82) is 0 Å². The van der Waals surface area contributed by atoms with Gasteiger partial charge in [0.15, 0.2) is 0 Å². The molecule has 0 bridgehead atoms. The van der Waals surface area contributed by atoms with Crippen LogP contribution in [0.15, 0.2) is 60.7 Å². The molecule has 0 saturated carbocycles. The molecular formula is C26H32N4O2. The molecule has 3 heterocycles. The fourth-order valence-corrected chi connectivity index (χ4v) is 5.57. The third-order valence-electron chi connectivity index (χ3n) is 7.49. The van der Waals surface area contributed by atoms with E-state index in [0.717, 1.165) is 38.2 Å². The Hall–Kier alpha value is -2.86. The molecule has 3 aliphatic heterocycles. The van der Waals surface area contributed by atoms with Gasteiger partial charge in [-0.2, -0.15) is 0 Å². The predicted octanol–water partition coefficient (Wildman–Crippen LogP) is 2.85. The largest absolute Gasteiger partial charge is 0.342 e. The standard InChI is InChI=1S/C26H32N4O2/c31-24(22-11-15-28(16-12-22)19-21-7-3-1-4-8-21)29-17-13-26(14-18-29)25(32)27-20-30(26)23-9-5-2-6-10-23/h1-10,22H,11-20H2,(H,27,32). The first-order chi connectivity index (χ1) is 15.7. The van der Waals surface area contributed by atoms with Gasteiger partial charge in [0.25, 0.3) is 0 Å². The molecular weight excluding hydrogens is 400 g/mol. The van der Waals surface area contributed by atoms with Gasteiger partial charge in [0.1, 0.15) is 5.54 Å². The summed E-state index contributed by atoms with van der Waals surface area (Å²) in [5.74, 6) is 0.491. The van der Waals surface area contributed by atoms with Crippen LogP contribution >= 0.6 is 0 Å². The minimum absolute atomic E-state index is 0.0997. The third kappa shape index (κ3) is 3.99. The molecule has 32 heavy (non-hydrogen) atoms. The van der Waals surface area contributed by atoms with Gasteiger partial charge in [0, 0.05) is 31.2 Å². The van der Waals surface area contributed by atoms with E-state index in [9.17, 15) is 9.59 Å². The molecule has 1 N–H and O–H groups in total. The SMILES string of the molecule is O=C(C1CCN(Cc2ccccc2)CC1)N1CCC2(CC1)C(=O)NCN2c1ccccc1. The van der Waals surface area contributed by atoms with Crippen LogP contribution in [0.4, 0.5) is 5.69 Å². The van der Waals surface area contributed by atoms with Crippen molar-refractivity contribution < 1.29 is 9.59 Å². The minimum atomic E-state index is -0.531. The van der Waals surface area contributed by atoms with E-state index in [-0.39, 0.29) is 17.7 Å². The maximum absolute atomic E-state index is 13.2. The molecule has 2 amide bonds. The lowest BCUT2D eigenvalue weighted by Crippen LogP contribution is -2.58. The first-order valence-corrected chi connectivity index (χ1v) is 11.8. The zero-order valence-electron chi connectivity index (χ0n) is 18.6. The monoisotopic (exact) mass is 432 g/mol. The summed E-state index contributed by atoms with van der Waals surface area (Å²) in [5.41, 5.74) is 1.87. The van der Waals surface area contributed by atoms with Gasteiger partial charge in [0.2, 0.25) is 11.8 Å². The van der Waals surface area contributed by atoms with Crippen molar-refractivity contribution in [3.05, 3.63) is 66.2 Å². The number of benzene rings is 2. The number of hydrogen-bond donors (Lipinski definition) is 1. The van der Waals surface area contributed by atoms with Crippen molar-refractivity contribution in [2.75, 3.05) is 37.7 Å². The molecule has 5 rings (SSSR count). The van der Waals surface area contributed by atoms with Crippen LogP contribution in [0.5, 0.6) is 0 Å². The van der Waals surface area contributed by atoms with Crippen LogP contribution in [0.3, 0.4) is 0 Å². The minimum Gasteiger partial charge on any atom is -0.342 e. The Morgan fingerprint density at radius 3 is 2.19 bits per heavy atom. The number of hydrogen-bond acceptors (Lipinski definition) is 4. The van der Waals surface area contributed by atoms with Gasteiger partial charge in [0.05, 0.1) is 6.67 Å². The number of carbonyl (C=O) groups excluding carboxylic acids is 2. The number of para-hydroxylation sites is 1. The van der Waals surface area contributed by atoms with Gasteiger partial charge in [-0.15, -0.1) is 0 Å². The topological polar surface area (TPSA) is 55.9 Å². The van der Waals surface area contributed by atoms with Crippen LogP contribution in [0, 0.1) is 5.92 Å². The summed E-state index contributed by atoms with van der Waals surface area (Å²) in [6, 6.07) is 20.7. The summed E-state index contributed by atoms with van der Waals surface area (Å²) >= 11 is 0. The van der Waals surface area contributed by atoms with E-state index in [1.807, 2.05) is 29.2 Å². The summed E-state index contributed by atoms with van der Waals surface area (Å²) in [6.07, 6.45) is 3.21. The Morgan fingerprint density at radius 2 is 1.53 bits per heavy atom. The summed E-state index contributed by atoms with van der Waals surface area (Å²) in [4.78, 5) is 32.7. The molecule has 2 aromatic carbocycles. The van der Waals surface area contributed by atoms with Gasteiger partial charge in [-0.1, -0.05) is 48.5 Å². The zero-order valence-corrected chi connectivity index (χ0v) is 18.6. The summed E-state index contributed by atoms with van der Waals surface area (Å²) in [7, 11) is 0. The Kier molecular flexibility index (Phi) is 5.87. The number of carbonyl (C=O) groups is 2. The Bertz CT molecular complexity index is 933. The van der Waals surface area contributed by atoms with Gasteiger partial charge >= 0.3 is 0 Å². The van der Waals surface area contributed by atoms with Crippen LogP contribution in [0.25, 0.3) is 0 Å². The normalized spacial score (nSPS) is 21.7. The molecule has 0 aromatic heterocycles. The van der Waals surface area contributed by atoms with E-state index in [2.05, 4.69) is 51.5 Å². The average Bonchev–Trinajstić information content (AvgIpc) is 3.16. The fourth-order valence-electron chi connectivity index (χ4n) is 5.57. The number of rotatable bonds is 4. The summed E-state index contributed by atoms with van der Waals surface area (Å²) in [5, 5.41) is 3.04. The molecule has 168 valence electrons. The zero-order chi connectivity index (χ0) is 22.0. The van der Waals surface area contributed by atoms with Gasteiger partial charge in [-0.05, 0) is 56.5 Å². The van der Waals surface area contributed by atoms with Crippen LogP contribution in [-0.2, 0) is 16.1 Å². The van der Waals surface area contributed by atoms with E-state index in [4.69, 9.17) is 0 Å². The molecule has 2 aromatic rings. The van der Waals surface area contributed by atoms with Crippen LogP contribution in [-0.4, -0.2) is 60.0 Å². The highest BCUT2D eigenvalue weighted by molar-refractivity contribution is 5.93. The van der Waals surface area contributed by atoms with E-state index in [0.29, 0.717) is 32.6 Å². The average molecular weight is 433 g/mol. The molecule has 0 aliphatic carbocycles. The number of piperidine rings is 2. The van der Waals surface area contributed by atoms with E-state index in [1.165, 1.54) is 5.56 Å². The van der Waals surface area contributed by atoms with Gasteiger partial charge in [-0.3, -0.25) is 14.5 Å². The van der Waals surface area contributed by atoms with Crippen LogP contribution in [0.1, 0.15) is 31.2 Å². The molecule has 0 atom stereocenters. The molecule has 0 unspecified atom stereocenters. The number of anilines is 1. The maximum atomic E-state index is 13.2. The molecule has 3 fully saturated rings. The van der Waals surface area contributed by atoms with Crippen molar-refractivity contribution in [1.82, 2.24) is 15.1 Å². The van der Waals surface area contributed by atoms with Crippen molar-refractivity contribution in [2.45, 2.75) is 37.8 Å². The van der Waals surface area contributed by atoms with Crippen molar-refractivity contribution >= 4 is 17.5 Å². The first kappa shape index (κ1) is 21.0. The molecule has 6 heteroatoms. The van der Waals surface area contributed by atoms with E-state index >= 15 is 0 Å². The first-order valence-electron chi connectivity index (χ1n) is 11.8. The second-order valence-corrected chi connectivity index (χ2v) is 9.32. The maximum Gasteiger partial charge on any atom is 0.247 e. The van der Waals surface area contributed by atoms with Crippen molar-refractivity contribution in [3.63, 3.8) is 0 Å². The molecule has 0 radical (unpaired) electrons. The van der Waals surface area contributed by atoms with E-state index < -0.39 is 5.54 Å². The van der Waals surface area contributed by atoms with Gasteiger partial charge in [-0.25, -0.2) is 0 Å². The smallest absolute Gasteiger partial charge is 0.247 e. The number of amides is 2. The highest BCUT2D eigenvalue weighted by Crippen LogP contribution is 2.36. The number of nitrogens with one attached hydrogen (secondary N) is 1. The van der Waals surface area contributed by atoms with Crippen LogP contribution in [0.2, 0.25) is 0 Å². The van der Waals surface area contributed by atoms with E-state index in [1.54, 1.807) is 0 Å². The molecule has 6 nitrogen and oxygen atoms in total. The number of likely N-dealkylation sites (tertiary alicyclic amines) is 2. The number of nitrogens with zero attached hydrogens (tertiary/aromatic N) is 3. The van der Waals surface area contributed by atoms with Crippen molar-refractivity contribution in [3.8, 4) is 0 Å². The lowest BCUT2D eigenvalue weighted by molar-refractivity contribution is -0.140. The molecule has 1 spiro atoms. The Morgan fingerprint density at radius 1 is 0.906 bits per heavy atom.